The van der Waals surface area contributed by atoms with Crippen LogP contribution in [0.15, 0.2) is 0 Å². The topological polar surface area (TPSA) is 156 Å². The van der Waals surface area contributed by atoms with E-state index in [0.717, 1.165) is 19.3 Å². The second-order valence-corrected chi connectivity index (χ2v) is 5.98. The van der Waals surface area contributed by atoms with Crippen LogP contribution in [0.4, 0.5) is 0 Å². The second kappa shape index (κ2) is 9.21. The Labute approximate surface area is 140 Å². The summed E-state index contributed by atoms with van der Waals surface area (Å²) in [4.78, 5) is 45.1. The van der Waals surface area contributed by atoms with Gasteiger partial charge in [-0.25, -0.2) is 0 Å². The molecule has 1 spiro atoms. The fraction of sp³-hybridized carbons (Fsp3) is 0.733. The molecule has 6 N–H and O–H groups in total. The summed E-state index contributed by atoms with van der Waals surface area (Å²) in [6, 6.07) is 0. The summed E-state index contributed by atoms with van der Waals surface area (Å²) in [5.41, 5.74) is 9.00. The largest absolute Gasteiger partial charge is 0.396 e. The van der Waals surface area contributed by atoms with E-state index >= 15 is 0 Å². The number of carbonyl (C=O) groups is 4. The van der Waals surface area contributed by atoms with Gasteiger partial charge in [-0.3, -0.25) is 19.2 Å². The Bertz CT molecular complexity index is 482. The third-order valence-corrected chi connectivity index (χ3v) is 4.18. The third kappa shape index (κ3) is 5.19. The van der Waals surface area contributed by atoms with Crippen LogP contribution in [0.1, 0.15) is 44.9 Å². The predicted molar refractivity (Wildman–Crippen MR) is 85.2 cm³/mol. The molecular formula is C15H26N4O5. The molecule has 0 aromatic carbocycles. The summed E-state index contributed by atoms with van der Waals surface area (Å²) in [7, 11) is 0. The number of aliphatic hydroxyl groups excluding tert-OH is 1. The van der Waals surface area contributed by atoms with E-state index in [4.69, 9.17) is 16.6 Å². The Morgan fingerprint density at radius 3 is 2.17 bits per heavy atom. The van der Waals surface area contributed by atoms with Gasteiger partial charge in [0.15, 0.2) is 0 Å². The van der Waals surface area contributed by atoms with Gasteiger partial charge in [-0.2, -0.15) is 0 Å². The molecule has 0 aliphatic carbocycles. The average Bonchev–Trinajstić information content (AvgIpc) is 2.53. The Morgan fingerprint density at radius 1 is 1.12 bits per heavy atom. The maximum atomic E-state index is 11.7. The van der Waals surface area contributed by atoms with Crippen molar-refractivity contribution >= 4 is 23.6 Å². The minimum atomic E-state index is -0.579. The third-order valence-electron chi connectivity index (χ3n) is 4.18. The molecule has 0 saturated carbocycles. The van der Waals surface area contributed by atoms with E-state index in [0.29, 0.717) is 19.5 Å². The number of β-lactam (4-membered cyclic amide) rings is 1. The highest BCUT2D eigenvalue weighted by atomic mass is 16.3. The van der Waals surface area contributed by atoms with Crippen molar-refractivity contribution in [2.45, 2.75) is 50.5 Å². The first-order chi connectivity index (χ1) is 11.3. The maximum absolute atomic E-state index is 11.7. The first-order valence-electron chi connectivity index (χ1n) is 8.09. The van der Waals surface area contributed by atoms with Gasteiger partial charge in [0.25, 0.3) is 0 Å². The van der Waals surface area contributed by atoms with Crippen LogP contribution in [-0.2, 0) is 19.2 Å². The van der Waals surface area contributed by atoms with Crippen LogP contribution in [0.5, 0.6) is 0 Å². The second-order valence-electron chi connectivity index (χ2n) is 5.98. The Kier molecular flexibility index (Phi) is 7.63. The number of hydrogen-bond acceptors (Lipinski definition) is 5. The lowest BCUT2D eigenvalue weighted by Crippen LogP contribution is -2.75. The molecule has 1 atom stereocenters. The number of amides is 4. The van der Waals surface area contributed by atoms with Crippen molar-refractivity contribution in [2.75, 3.05) is 19.7 Å². The number of carbonyl (C=O) groups excluding carboxylic acids is 4. The van der Waals surface area contributed by atoms with Crippen molar-refractivity contribution in [3.8, 4) is 0 Å². The van der Waals surface area contributed by atoms with E-state index in [1.165, 1.54) is 0 Å². The van der Waals surface area contributed by atoms with Gasteiger partial charge in [-0.15, -0.1) is 0 Å². The lowest BCUT2D eigenvalue weighted by atomic mass is 9.80. The lowest BCUT2D eigenvalue weighted by Gasteiger charge is -2.51. The number of hydrogen-bond donors (Lipinski definition) is 4. The van der Waals surface area contributed by atoms with Gasteiger partial charge >= 0.3 is 0 Å². The molecule has 2 fully saturated rings. The molecule has 1 unspecified atom stereocenters. The molecule has 2 rings (SSSR count). The molecule has 2 aliphatic heterocycles. The Morgan fingerprint density at radius 2 is 1.75 bits per heavy atom. The minimum Gasteiger partial charge on any atom is -0.396 e. The summed E-state index contributed by atoms with van der Waals surface area (Å²) >= 11 is 0. The first-order valence-corrected chi connectivity index (χ1v) is 8.09. The SMILES string of the molecule is NC(=O)CCCC(N)=O.O=C(CCO)N1CCCCC12CNC2=O. The number of piperidine rings is 1. The summed E-state index contributed by atoms with van der Waals surface area (Å²) in [6.07, 6.45) is 3.77. The zero-order valence-electron chi connectivity index (χ0n) is 13.8. The average molecular weight is 342 g/mol. The molecule has 9 nitrogen and oxygen atoms in total. The number of nitrogens with two attached hydrogens (primary N) is 2. The van der Waals surface area contributed by atoms with Crippen LogP contribution in [-0.4, -0.2) is 58.9 Å². The quantitative estimate of drug-likeness (QED) is 0.427. The monoisotopic (exact) mass is 342 g/mol. The van der Waals surface area contributed by atoms with Crippen LogP contribution in [0.25, 0.3) is 0 Å². The Hall–Kier alpha value is -2.16. The lowest BCUT2D eigenvalue weighted by molar-refractivity contribution is -0.159. The van der Waals surface area contributed by atoms with E-state index in [9.17, 15) is 19.2 Å². The molecule has 0 aromatic heterocycles. The summed E-state index contributed by atoms with van der Waals surface area (Å²) in [5.74, 6) is -0.923. The zero-order chi connectivity index (χ0) is 18.2. The van der Waals surface area contributed by atoms with Crippen molar-refractivity contribution in [2.24, 2.45) is 11.5 Å². The van der Waals surface area contributed by atoms with Crippen molar-refractivity contribution in [1.29, 1.82) is 0 Å². The molecule has 9 heteroatoms. The van der Waals surface area contributed by atoms with E-state index in [-0.39, 0.29) is 37.7 Å². The van der Waals surface area contributed by atoms with Crippen molar-refractivity contribution in [3.05, 3.63) is 0 Å². The molecule has 0 aromatic rings. The minimum absolute atomic E-state index is 0.0338. The highest BCUT2D eigenvalue weighted by Gasteiger charge is 2.53. The summed E-state index contributed by atoms with van der Waals surface area (Å²) in [6.45, 7) is 1.07. The van der Waals surface area contributed by atoms with Gasteiger partial charge in [-0.05, 0) is 25.7 Å². The van der Waals surface area contributed by atoms with E-state index in [1.54, 1.807) is 4.90 Å². The Balaban J connectivity index is 0.000000277. The molecule has 0 bridgehead atoms. The highest BCUT2D eigenvalue weighted by molar-refractivity contribution is 5.96. The van der Waals surface area contributed by atoms with E-state index < -0.39 is 17.4 Å². The van der Waals surface area contributed by atoms with Gasteiger partial charge in [0.1, 0.15) is 5.54 Å². The van der Waals surface area contributed by atoms with E-state index in [1.807, 2.05) is 0 Å². The number of nitrogens with one attached hydrogen (secondary N) is 1. The van der Waals surface area contributed by atoms with Gasteiger partial charge in [-0.1, -0.05) is 0 Å². The smallest absolute Gasteiger partial charge is 0.247 e. The molecule has 4 amide bonds. The maximum Gasteiger partial charge on any atom is 0.247 e. The van der Waals surface area contributed by atoms with Crippen molar-refractivity contribution < 1.29 is 24.3 Å². The molecule has 136 valence electrons. The number of aliphatic hydroxyl groups is 1. The fourth-order valence-corrected chi connectivity index (χ4v) is 2.85. The van der Waals surface area contributed by atoms with Crippen molar-refractivity contribution in [3.63, 3.8) is 0 Å². The highest BCUT2D eigenvalue weighted by Crippen LogP contribution is 2.33. The van der Waals surface area contributed by atoms with Crippen LogP contribution in [0.2, 0.25) is 0 Å². The standard InChI is InChI=1S/C10H16N2O3.C5H10N2O2/c13-6-3-8(14)12-5-2-1-4-10(12)7-11-9(10)15;6-4(8)2-1-3-5(7)9/h13H,1-7H2,(H,11,15);1-3H2,(H2,6,8)(H2,7,9). The normalized spacial score (nSPS) is 22.0. The van der Waals surface area contributed by atoms with Gasteiger partial charge in [0.05, 0.1) is 6.61 Å². The van der Waals surface area contributed by atoms with Crippen molar-refractivity contribution in [1.82, 2.24) is 10.2 Å². The molecule has 2 aliphatic rings. The van der Waals surface area contributed by atoms with Crippen LogP contribution in [0.3, 0.4) is 0 Å². The summed E-state index contributed by atoms with van der Waals surface area (Å²) < 4.78 is 0. The number of rotatable bonds is 6. The molecule has 2 saturated heterocycles. The van der Waals surface area contributed by atoms with Gasteiger partial charge < -0.3 is 26.8 Å². The number of likely N-dealkylation sites (tertiary alicyclic amines) is 1. The molecule has 24 heavy (non-hydrogen) atoms. The predicted octanol–water partition coefficient (Wildman–Crippen LogP) is -1.62. The van der Waals surface area contributed by atoms with E-state index in [2.05, 4.69) is 5.32 Å². The molecular weight excluding hydrogens is 316 g/mol. The fourth-order valence-electron chi connectivity index (χ4n) is 2.85. The van der Waals surface area contributed by atoms with Gasteiger partial charge in [0.2, 0.25) is 23.6 Å². The van der Waals surface area contributed by atoms with Crippen LogP contribution >= 0.6 is 0 Å². The van der Waals surface area contributed by atoms with Crippen LogP contribution < -0.4 is 16.8 Å². The molecule has 0 radical (unpaired) electrons. The van der Waals surface area contributed by atoms with Crippen LogP contribution in [0, 0.1) is 0 Å². The first kappa shape index (κ1) is 19.9. The summed E-state index contributed by atoms with van der Waals surface area (Å²) in [5, 5.41) is 11.4. The number of primary amides is 2. The number of nitrogens with zero attached hydrogens (tertiary/aromatic N) is 1. The zero-order valence-corrected chi connectivity index (χ0v) is 13.8. The molecule has 2 heterocycles. The van der Waals surface area contributed by atoms with Gasteiger partial charge in [0, 0.05) is 32.4 Å².